The molecule has 0 spiro atoms. The van der Waals surface area contributed by atoms with E-state index in [-0.39, 0.29) is 24.0 Å². The Kier molecular flexibility index (Phi) is 6.11. The minimum atomic E-state index is -0.447. The van der Waals surface area contributed by atoms with Crippen LogP contribution in [0.2, 0.25) is 0 Å². The number of hydrogen-bond donors (Lipinski definition) is 1. The average Bonchev–Trinajstić information content (AvgIpc) is 3.21. The first-order chi connectivity index (χ1) is 13.1. The summed E-state index contributed by atoms with van der Waals surface area (Å²) >= 11 is 0. The van der Waals surface area contributed by atoms with Gasteiger partial charge in [-0.15, -0.1) is 0 Å². The van der Waals surface area contributed by atoms with Crippen LogP contribution < -0.4 is 10.6 Å². The van der Waals surface area contributed by atoms with Gasteiger partial charge in [0.1, 0.15) is 5.82 Å². The van der Waals surface area contributed by atoms with Gasteiger partial charge in [0.05, 0.1) is 18.4 Å². The van der Waals surface area contributed by atoms with Crippen LogP contribution in [0.3, 0.4) is 0 Å². The fourth-order valence-corrected chi connectivity index (χ4v) is 2.96. The molecule has 27 heavy (non-hydrogen) atoms. The summed E-state index contributed by atoms with van der Waals surface area (Å²) in [5.74, 6) is -0.177. The molecule has 0 radical (unpaired) electrons. The van der Waals surface area contributed by atoms with Gasteiger partial charge >= 0.3 is 0 Å². The second-order valence-corrected chi connectivity index (χ2v) is 6.41. The summed E-state index contributed by atoms with van der Waals surface area (Å²) in [6.45, 7) is 3.72. The van der Waals surface area contributed by atoms with E-state index in [0.29, 0.717) is 23.4 Å². The molecule has 0 aliphatic carbocycles. The predicted molar refractivity (Wildman–Crippen MR) is 103 cm³/mol. The van der Waals surface area contributed by atoms with E-state index in [1.807, 2.05) is 11.8 Å². The van der Waals surface area contributed by atoms with E-state index >= 15 is 0 Å². The summed E-state index contributed by atoms with van der Waals surface area (Å²) in [6.07, 6.45) is 5.48. The Labute approximate surface area is 157 Å². The summed E-state index contributed by atoms with van der Waals surface area (Å²) in [7, 11) is 0. The maximum atomic E-state index is 14.1. The molecule has 5 nitrogen and oxygen atoms in total. The molecule has 0 saturated carbocycles. The monoisotopic (exact) mass is 371 g/mol. The zero-order valence-corrected chi connectivity index (χ0v) is 15.3. The van der Waals surface area contributed by atoms with Gasteiger partial charge in [0, 0.05) is 24.4 Å². The van der Waals surface area contributed by atoms with Gasteiger partial charge in [-0.05, 0) is 31.4 Å². The summed E-state index contributed by atoms with van der Waals surface area (Å²) in [4.78, 5) is 14.7. The highest BCUT2D eigenvalue weighted by molar-refractivity contribution is 5.99. The van der Waals surface area contributed by atoms with Crippen molar-refractivity contribution in [3.05, 3.63) is 59.6 Å². The lowest BCUT2D eigenvalue weighted by molar-refractivity contribution is 0.607. The van der Waals surface area contributed by atoms with Crippen LogP contribution in [-0.4, -0.2) is 28.8 Å². The van der Waals surface area contributed by atoms with Crippen LogP contribution in [-0.2, 0) is 6.54 Å². The van der Waals surface area contributed by atoms with Crippen LogP contribution in [0.5, 0.6) is 0 Å². The Bertz CT molecular complexity index is 857. The topological polar surface area (TPSA) is 67.4 Å². The smallest absolute Gasteiger partial charge is 0.183 e. The molecule has 7 heteroatoms. The number of allylic oxidation sites excluding steroid dienone is 1. The zero-order chi connectivity index (χ0) is 19.2. The molecule has 0 atom stereocenters. The molecule has 142 valence electrons. The molecule has 1 aromatic carbocycles. The van der Waals surface area contributed by atoms with E-state index in [1.165, 1.54) is 6.07 Å². The minimum Gasteiger partial charge on any atom is -0.396 e. The molecule has 0 bridgehead atoms. The van der Waals surface area contributed by atoms with Gasteiger partial charge in [0.15, 0.2) is 17.5 Å². The third kappa shape index (κ3) is 4.67. The SMILES string of the molecule is CCC(C=C(N)c1ncc(F)c(N2CCCC2)n1)=NCc1ccccc1F. The highest BCUT2D eigenvalue weighted by Gasteiger charge is 2.19. The van der Waals surface area contributed by atoms with Crippen LogP contribution in [0.4, 0.5) is 14.6 Å². The fourth-order valence-electron chi connectivity index (χ4n) is 2.96. The molecule has 3 rings (SSSR count). The van der Waals surface area contributed by atoms with E-state index < -0.39 is 5.82 Å². The number of nitrogens with zero attached hydrogens (tertiary/aromatic N) is 4. The van der Waals surface area contributed by atoms with Crippen LogP contribution in [0.1, 0.15) is 37.6 Å². The van der Waals surface area contributed by atoms with Crippen LogP contribution >= 0.6 is 0 Å². The Morgan fingerprint density at radius 2 is 1.96 bits per heavy atom. The largest absolute Gasteiger partial charge is 0.396 e. The first-order valence-electron chi connectivity index (χ1n) is 9.10. The Morgan fingerprint density at radius 1 is 1.22 bits per heavy atom. The molecule has 0 amide bonds. The Balaban J connectivity index is 1.81. The first kappa shape index (κ1) is 18.9. The quantitative estimate of drug-likeness (QED) is 0.786. The third-order valence-corrected chi connectivity index (χ3v) is 4.48. The number of nitrogens with two attached hydrogens (primary N) is 1. The van der Waals surface area contributed by atoms with E-state index in [9.17, 15) is 8.78 Å². The third-order valence-electron chi connectivity index (χ3n) is 4.48. The number of hydrogen-bond acceptors (Lipinski definition) is 5. The molecule has 1 aliphatic rings. The second-order valence-electron chi connectivity index (χ2n) is 6.41. The summed E-state index contributed by atoms with van der Waals surface area (Å²) in [6, 6.07) is 6.53. The van der Waals surface area contributed by atoms with Gasteiger partial charge in [0.2, 0.25) is 0 Å². The van der Waals surface area contributed by atoms with Crippen molar-refractivity contribution in [3.63, 3.8) is 0 Å². The molecule has 0 unspecified atom stereocenters. The number of anilines is 1. The zero-order valence-electron chi connectivity index (χ0n) is 15.3. The Hall–Kier alpha value is -2.83. The molecule has 2 aromatic rings. The van der Waals surface area contributed by atoms with Crippen molar-refractivity contribution in [2.45, 2.75) is 32.7 Å². The molecule has 1 fully saturated rings. The fraction of sp³-hybridized carbons (Fsp3) is 0.350. The molecule has 1 saturated heterocycles. The van der Waals surface area contributed by atoms with Gasteiger partial charge in [-0.1, -0.05) is 25.1 Å². The number of aliphatic imine (C=N–C) groups is 1. The highest BCUT2D eigenvalue weighted by atomic mass is 19.1. The van der Waals surface area contributed by atoms with Gasteiger partial charge in [-0.3, -0.25) is 4.99 Å². The number of aromatic nitrogens is 2. The van der Waals surface area contributed by atoms with E-state index in [2.05, 4.69) is 15.0 Å². The van der Waals surface area contributed by atoms with Crippen molar-refractivity contribution >= 4 is 17.2 Å². The molecular weight excluding hydrogens is 348 g/mol. The normalized spacial score (nSPS) is 15.4. The molecule has 2 heterocycles. The van der Waals surface area contributed by atoms with Gasteiger partial charge in [-0.25, -0.2) is 18.7 Å². The number of rotatable bonds is 6. The van der Waals surface area contributed by atoms with E-state index in [1.54, 1.807) is 24.3 Å². The van der Waals surface area contributed by atoms with Crippen LogP contribution in [0, 0.1) is 11.6 Å². The van der Waals surface area contributed by atoms with Gasteiger partial charge in [-0.2, -0.15) is 0 Å². The average molecular weight is 371 g/mol. The van der Waals surface area contributed by atoms with Crippen molar-refractivity contribution in [1.82, 2.24) is 9.97 Å². The van der Waals surface area contributed by atoms with Crippen LogP contribution in [0.25, 0.3) is 5.70 Å². The Morgan fingerprint density at radius 3 is 2.67 bits per heavy atom. The van der Waals surface area contributed by atoms with Crippen LogP contribution in [0.15, 0.2) is 41.5 Å². The molecule has 1 aromatic heterocycles. The summed E-state index contributed by atoms with van der Waals surface area (Å²) < 4.78 is 27.8. The lowest BCUT2D eigenvalue weighted by Gasteiger charge is -2.17. The van der Waals surface area contributed by atoms with E-state index in [4.69, 9.17) is 5.73 Å². The van der Waals surface area contributed by atoms with Crippen molar-refractivity contribution in [2.75, 3.05) is 18.0 Å². The summed E-state index contributed by atoms with van der Waals surface area (Å²) in [5, 5.41) is 0. The maximum Gasteiger partial charge on any atom is 0.183 e. The van der Waals surface area contributed by atoms with Crippen molar-refractivity contribution < 1.29 is 8.78 Å². The first-order valence-corrected chi connectivity index (χ1v) is 9.10. The lowest BCUT2D eigenvalue weighted by atomic mass is 10.2. The minimum absolute atomic E-state index is 0.225. The van der Waals surface area contributed by atoms with Crippen molar-refractivity contribution in [2.24, 2.45) is 10.7 Å². The van der Waals surface area contributed by atoms with Gasteiger partial charge < -0.3 is 10.6 Å². The predicted octanol–water partition coefficient (Wildman–Crippen LogP) is 3.71. The second kappa shape index (κ2) is 8.70. The van der Waals surface area contributed by atoms with E-state index in [0.717, 1.165) is 32.1 Å². The van der Waals surface area contributed by atoms with Crippen molar-refractivity contribution in [3.8, 4) is 0 Å². The van der Waals surface area contributed by atoms with Crippen molar-refractivity contribution in [1.29, 1.82) is 0 Å². The lowest BCUT2D eigenvalue weighted by Crippen LogP contribution is -2.21. The highest BCUT2D eigenvalue weighted by Crippen LogP contribution is 2.21. The van der Waals surface area contributed by atoms with Gasteiger partial charge in [0.25, 0.3) is 0 Å². The molecule has 2 N–H and O–H groups in total. The molecular formula is C20H23F2N5. The standard InChI is InChI=1S/C20H23F2N5/c1-2-15(24-12-14-7-3-4-8-16(14)21)11-18(23)19-25-13-17(22)20(26-19)27-9-5-6-10-27/h3-4,7-8,11,13H,2,5-6,9-10,12,23H2,1H3. The summed E-state index contributed by atoms with van der Waals surface area (Å²) in [5.41, 5.74) is 7.66. The number of benzene rings is 1. The molecule has 1 aliphatic heterocycles. The maximum absolute atomic E-state index is 14.1. The number of halogens is 2.